The van der Waals surface area contributed by atoms with E-state index in [1.807, 2.05) is 48.4 Å². The minimum atomic E-state index is -0.278. The summed E-state index contributed by atoms with van der Waals surface area (Å²) in [5, 5.41) is 0. The lowest BCUT2D eigenvalue weighted by atomic mass is 10.1. The molecule has 9 nitrogen and oxygen atoms in total. The van der Waals surface area contributed by atoms with Gasteiger partial charge in [-0.3, -0.25) is 9.59 Å². The Morgan fingerprint density at radius 1 is 0.927 bits per heavy atom. The fourth-order valence-electron chi connectivity index (χ4n) is 4.65. The molecule has 0 bridgehead atoms. The maximum absolute atomic E-state index is 13.9. The molecule has 1 heterocycles. The molecule has 9 heteroatoms. The molecular weight excluding hydrogens is 522 g/mol. The minimum absolute atomic E-state index is 0.0193. The lowest BCUT2D eigenvalue weighted by molar-refractivity contribution is -0.134. The Kier molecular flexibility index (Phi) is 12.1. The Morgan fingerprint density at radius 3 is 2.37 bits per heavy atom. The second-order valence-corrected chi connectivity index (χ2v) is 9.90. The number of carbonyl (C=O) groups excluding carboxylic acids is 2. The molecule has 0 spiro atoms. The van der Waals surface area contributed by atoms with Crippen LogP contribution in [0, 0.1) is 0 Å². The van der Waals surface area contributed by atoms with Crippen LogP contribution in [0.2, 0.25) is 0 Å². The van der Waals surface area contributed by atoms with Crippen LogP contribution in [-0.2, 0) is 22.6 Å². The second-order valence-electron chi connectivity index (χ2n) is 9.90. The standard InChI is InChI=1S/C32H43N3O6/c1-7-24(2)35(22-26-12-9-16-33(26)21-25-11-8-13-27(19-25)39-4)31(36)23-34(17-10-18-38-3)32(37)29-15-14-28(40-5)20-30(29)41-6/h8-9,11-16,19-20,24H,7,10,17-18,21-23H2,1-6H3. The third kappa shape index (κ3) is 8.50. The Balaban J connectivity index is 1.83. The highest BCUT2D eigenvalue weighted by atomic mass is 16.5. The first-order valence-corrected chi connectivity index (χ1v) is 13.9. The van der Waals surface area contributed by atoms with E-state index in [2.05, 4.69) is 17.6 Å². The van der Waals surface area contributed by atoms with Crippen molar-refractivity contribution in [1.82, 2.24) is 14.4 Å². The molecule has 3 aromatic rings. The molecule has 0 saturated heterocycles. The molecule has 0 aliphatic heterocycles. The van der Waals surface area contributed by atoms with Gasteiger partial charge in [0.15, 0.2) is 0 Å². The predicted octanol–water partition coefficient (Wildman–Crippen LogP) is 4.87. The zero-order chi connectivity index (χ0) is 29.8. The molecule has 2 amide bonds. The molecule has 0 N–H and O–H groups in total. The predicted molar refractivity (Wildman–Crippen MR) is 159 cm³/mol. The van der Waals surface area contributed by atoms with Crippen LogP contribution in [0.5, 0.6) is 17.2 Å². The van der Waals surface area contributed by atoms with Gasteiger partial charge in [0.1, 0.15) is 23.8 Å². The Labute approximate surface area is 243 Å². The van der Waals surface area contributed by atoms with Crippen molar-refractivity contribution >= 4 is 11.8 Å². The number of rotatable bonds is 16. The van der Waals surface area contributed by atoms with Gasteiger partial charge in [0.2, 0.25) is 5.91 Å². The summed E-state index contributed by atoms with van der Waals surface area (Å²) in [6, 6.07) is 17.0. The number of nitrogens with zero attached hydrogens (tertiary/aromatic N) is 3. The fourth-order valence-corrected chi connectivity index (χ4v) is 4.65. The number of carbonyl (C=O) groups is 2. The second kappa shape index (κ2) is 15.7. The Bertz CT molecular complexity index is 1270. The molecule has 3 rings (SSSR count). The summed E-state index contributed by atoms with van der Waals surface area (Å²) >= 11 is 0. The maximum Gasteiger partial charge on any atom is 0.258 e. The van der Waals surface area contributed by atoms with Crippen LogP contribution in [0.3, 0.4) is 0 Å². The average Bonchev–Trinajstić information content (AvgIpc) is 3.44. The van der Waals surface area contributed by atoms with Crippen LogP contribution in [0.4, 0.5) is 0 Å². The summed E-state index contributed by atoms with van der Waals surface area (Å²) in [7, 11) is 6.35. The smallest absolute Gasteiger partial charge is 0.258 e. The van der Waals surface area contributed by atoms with Crippen LogP contribution in [0.25, 0.3) is 0 Å². The van der Waals surface area contributed by atoms with Gasteiger partial charge < -0.3 is 33.3 Å². The molecule has 222 valence electrons. The van der Waals surface area contributed by atoms with Crippen LogP contribution in [0.1, 0.15) is 48.3 Å². The normalized spacial score (nSPS) is 11.6. The zero-order valence-corrected chi connectivity index (χ0v) is 25.1. The van der Waals surface area contributed by atoms with E-state index in [4.69, 9.17) is 18.9 Å². The largest absolute Gasteiger partial charge is 0.497 e. The summed E-state index contributed by atoms with van der Waals surface area (Å²) in [4.78, 5) is 31.0. The number of ether oxygens (including phenoxy) is 4. The summed E-state index contributed by atoms with van der Waals surface area (Å²) in [6.07, 6.45) is 3.40. The van der Waals surface area contributed by atoms with E-state index in [9.17, 15) is 9.59 Å². The fraction of sp³-hybridized carbons (Fsp3) is 0.438. The van der Waals surface area contributed by atoms with Gasteiger partial charge in [0.05, 0.1) is 33.4 Å². The summed E-state index contributed by atoms with van der Waals surface area (Å²) in [5.41, 5.74) is 2.49. The molecule has 1 atom stereocenters. The highest BCUT2D eigenvalue weighted by molar-refractivity contribution is 5.99. The zero-order valence-electron chi connectivity index (χ0n) is 25.1. The van der Waals surface area contributed by atoms with Gasteiger partial charge in [0.25, 0.3) is 5.91 Å². The van der Waals surface area contributed by atoms with Crippen LogP contribution in [-0.4, -0.2) is 80.4 Å². The molecule has 0 aliphatic rings. The van der Waals surface area contributed by atoms with Crippen LogP contribution in [0.15, 0.2) is 60.8 Å². The van der Waals surface area contributed by atoms with Gasteiger partial charge in [-0.15, -0.1) is 0 Å². The van der Waals surface area contributed by atoms with E-state index < -0.39 is 0 Å². The Hall–Kier alpha value is -3.98. The summed E-state index contributed by atoms with van der Waals surface area (Å²) < 4.78 is 23.5. The van der Waals surface area contributed by atoms with E-state index in [0.717, 1.165) is 23.4 Å². The van der Waals surface area contributed by atoms with E-state index in [0.29, 0.717) is 49.7 Å². The van der Waals surface area contributed by atoms with Crippen molar-refractivity contribution in [3.05, 3.63) is 77.6 Å². The molecule has 41 heavy (non-hydrogen) atoms. The van der Waals surface area contributed by atoms with Crippen molar-refractivity contribution < 1.29 is 28.5 Å². The number of methoxy groups -OCH3 is 4. The van der Waals surface area contributed by atoms with E-state index in [-0.39, 0.29) is 24.4 Å². The quantitative estimate of drug-likeness (QED) is 0.231. The number of aromatic nitrogens is 1. The van der Waals surface area contributed by atoms with Gasteiger partial charge in [-0.1, -0.05) is 19.1 Å². The molecule has 0 saturated carbocycles. The molecule has 2 aromatic carbocycles. The van der Waals surface area contributed by atoms with Gasteiger partial charge in [0, 0.05) is 50.8 Å². The number of benzene rings is 2. The van der Waals surface area contributed by atoms with Gasteiger partial charge in [-0.2, -0.15) is 0 Å². The van der Waals surface area contributed by atoms with Crippen molar-refractivity contribution in [2.45, 2.75) is 45.8 Å². The van der Waals surface area contributed by atoms with Crippen molar-refractivity contribution in [3.63, 3.8) is 0 Å². The van der Waals surface area contributed by atoms with Gasteiger partial charge >= 0.3 is 0 Å². The number of hydrogen-bond donors (Lipinski definition) is 0. The first-order valence-electron chi connectivity index (χ1n) is 13.9. The van der Waals surface area contributed by atoms with Crippen molar-refractivity contribution in [1.29, 1.82) is 0 Å². The lowest BCUT2D eigenvalue weighted by Gasteiger charge is -2.32. The van der Waals surface area contributed by atoms with Gasteiger partial charge in [-0.25, -0.2) is 0 Å². The van der Waals surface area contributed by atoms with E-state index in [1.54, 1.807) is 44.4 Å². The summed E-state index contributed by atoms with van der Waals surface area (Å²) in [5.74, 6) is 1.39. The first kappa shape index (κ1) is 31.5. The molecule has 0 fully saturated rings. The van der Waals surface area contributed by atoms with Crippen LogP contribution < -0.4 is 14.2 Å². The third-order valence-electron chi connectivity index (χ3n) is 7.22. The highest BCUT2D eigenvalue weighted by Gasteiger charge is 2.27. The number of amides is 2. The van der Waals surface area contributed by atoms with Gasteiger partial charge in [-0.05, 0) is 61.7 Å². The molecule has 0 aliphatic carbocycles. The maximum atomic E-state index is 13.9. The highest BCUT2D eigenvalue weighted by Crippen LogP contribution is 2.26. The van der Waals surface area contributed by atoms with Crippen LogP contribution >= 0.6 is 0 Å². The molecule has 0 radical (unpaired) electrons. The van der Waals surface area contributed by atoms with E-state index >= 15 is 0 Å². The minimum Gasteiger partial charge on any atom is -0.497 e. The number of hydrogen-bond acceptors (Lipinski definition) is 6. The van der Waals surface area contributed by atoms with Crippen molar-refractivity contribution in [3.8, 4) is 17.2 Å². The summed E-state index contributed by atoms with van der Waals surface area (Å²) in [6.45, 7) is 5.97. The lowest BCUT2D eigenvalue weighted by Crippen LogP contribution is -2.46. The molecule has 1 unspecified atom stereocenters. The van der Waals surface area contributed by atoms with Crippen molar-refractivity contribution in [2.24, 2.45) is 0 Å². The first-order chi connectivity index (χ1) is 19.8. The SMILES string of the molecule is CCC(C)N(Cc1cccn1Cc1cccc(OC)c1)C(=O)CN(CCCOC)C(=O)c1ccc(OC)cc1OC. The average molecular weight is 566 g/mol. The molecular formula is C32H43N3O6. The Morgan fingerprint density at radius 2 is 1.68 bits per heavy atom. The molecule has 1 aromatic heterocycles. The topological polar surface area (TPSA) is 82.5 Å². The third-order valence-corrected chi connectivity index (χ3v) is 7.22. The van der Waals surface area contributed by atoms with E-state index in [1.165, 1.54) is 7.11 Å². The monoisotopic (exact) mass is 565 g/mol. The van der Waals surface area contributed by atoms with Crippen molar-refractivity contribution in [2.75, 3.05) is 48.1 Å².